The van der Waals surface area contributed by atoms with Gasteiger partial charge in [0.1, 0.15) is 12.1 Å². The van der Waals surface area contributed by atoms with Crippen molar-refractivity contribution in [2.75, 3.05) is 5.75 Å². The van der Waals surface area contributed by atoms with Gasteiger partial charge in [0.25, 0.3) is 0 Å². The average Bonchev–Trinajstić information content (AvgIpc) is 2.91. The van der Waals surface area contributed by atoms with E-state index in [1.807, 2.05) is 26.0 Å². The maximum atomic E-state index is 12.4. The van der Waals surface area contributed by atoms with E-state index in [1.54, 1.807) is 18.2 Å². The van der Waals surface area contributed by atoms with E-state index in [1.165, 1.54) is 23.0 Å². The Morgan fingerprint density at radius 1 is 1.09 bits per heavy atom. The van der Waals surface area contributed by atoms with Crippen LogP contribution in [0.5, 0.6) is 0 Å². The molecule has 0 amide bonds. The van der Waals surface area contributed by atoms with Gasteiger partial charge in [-0.15, -0.1) is 0 Å². The molecule has 0 N–H and O–H groups in total. The Bertz CT molecular complexity index is 989. The van der Waals surface area contributed by atoms with Crippen molar-refractivity contribution in [1.29, 1.82) is 0 Å². The summed E-state index contributed by atoms with van der Waals surface area (Å²) >= 11 is 0. The third kappa shape index (κ3) is 2.90. The minimum absolute atomic E-state index is 0.143. The molecule has 0 radical (unpaired) electrons. The Labute approximate surface area is 134 Å². The number of benzene rings is 2. The van der Waals surface area contributed by atoms with Gasteiger partial charge in [0.2, 0.25) is 5.91 Å². The van der Waals surface area contributed by atoms with Crippen LogP contribution in [0.25, 0.3) is 11.0 Å². The molecular formula is C17H16N2O3S. The van der Waals surface area contributed by atoms with Crippen LogP contribution in [0, 0.1) is 13.8 Å². The zero-order valence-electron chi connectivity index (χ0n) is 12.9. The first-order chi connectivity index (χ1) is 10.9. The standard InChI is InChI=1S/C17H16N2O3S/c1-12-8-15-16(9-13(12)2)19(11-18-15)17(20)10-23(21,22)14-6-4-3-5-7-14/h3-9,11H,10H2,1-2H3. The minimum atomic E-state index is -3.67. The maximum absolute atomic E-state index is 12.4. The van der Waals surface area contributed by atoms with E-state index in [4.69, 9.17) is 0 Å². The third-order valence-corrected chi connectivity index (χ3v) is 5.46. The zero-order chi connectivity index (χ0) is 16.6. The number of nitrogens with zero attached hydrogens (tertiary/aromatic N) is 2. The van der Waals surface area contributed by atoms with Gasteiger partial charge in [0.15, 0.2) is 9.84 Å². The molecule has 2 aromatic carbocycles. The summed E-state index contributed by atoms with van der Waals surface area (Å²) in [6.07, 6.45) is 1.38. The van der Waals surface area contributed by atoms with Crippen LogP contribution < -0.4 is 0 Å². The highest BCUT2D eigenvalue weighted by Crippen LogP contribution is 2.19. The van der Waals surface area contributed by atoms with Gasteiger partial charge in [0, 0.05) is 0 Å². The van der Waals surface area contributed by atoms with Gasteiger partial charge in [-0.05, 0) is 49.2 Å². The van der Waals surface area contributed by atoms with E-state index in [2.05, 4.69) is 4.98 Å². The summed E-state index contributed by atoms with van der Waals surface area (Å²) in [5.74, 6) is -1.10. The number of sulfone groups is 1. The minimum Gasteiger partial charge on any atom is -0.273 e. The van der Waals surface area contributed by atoms with Crippen molar-refractivity contribution in [3.05, 3.63) is 59.9 Å². The number of hydrogen-bond acceptors (Lipinski definition) is 4. The molecule has 0 unspecified atom stereocenters. The highest BCUT2D eigenvalue weighted by atomic mass is 32.2. The van der Waals surface area contributed by atoms with Crippen molar-refractivity contribution >= 4 is 26.8 Å². The fourth-order valence-electron chi connectivity index (χ4n) is 2.41. The van der Waals surface area contributed by atoms with Crippen LogP contribution in [0.1, 0.15) is 15.9 Å². The molecule has 1 aromatic heterocycles. The van der Waals surface area contributed by atoms with Gasteiger partial charge in [-0.1, -0.05) is 18.2 Å². The molecule has 1 heterocycles. The Kier molecular flexibility index (Phi) is 3.77. The lowest BCUT2D eigenvalue weighted by Crippen LogP contribution is -2.21. The summed E-state index contributed by atoms with van der Waals surface area (Å²) in [6, 6.07) is 11.7. The maximum Gasteiger partial charge on any atom is 0.247 e. The van der Waals surface area contributed by atoms with Crippen LogP contribution in [0.3, 0.4) is 0 Å². The number of hydrogen-bond donors (Lipinski definition) is 0. The van der Waals surface area contributed by atoms with E-state index >= 15 is 0 Å². The van der Waals surface area contributed by atoms with Gasteiger partial charge in [0.05, 0.1) is 15.9 Å². The molecule has 0 fully saturated rings. The van der Waals surface area contributed by atoms with Crippen LogP contribution in [0.4, 0.5) is 0 Å². The Hall–Kier alpha value is -2.47. The fourth-order valence-corrected chi connectivity index (χ4v) is 3.61. The molecule has 0 atom stereocenters. The molecular weight excluding hydrogens is 312 g/mol. The van der Waals surface area contributed by atoms with Crippen molar-refractivity contribution in [3.8, 4) is 0 Å². The smallest absolute Gasteiger partial charge is 0.247 e. The number of carbonyl (C=O) groups excluding carboxylic acids is 1. The van der Waals surface area contributed by atoms with Crippen LogP contribution in [0.2, 0.25) is 0 Å². The second-order valence-corrected chi connectivity index (χ2v) is 7.50. The van der Waals surface area contributed by atoms with Crippen LogP contribution in [-0.2, 0) is 9.84 Å². The highest BCUT2D eigenvalue weighted by molar-refractivity contribution is 7.92. The van der Waals surface area contributed by atoms with E-state index in [0.717, 1.165) is 11.1 Å². The Morgan fingerprint density at radius 2 is 1.74 bits per heavy atom. The third-order valence-electron chi connectivity index (χ3n) is 3.85. The molecule has 23 heavy (non-hydrogen) atoms. The SMILES string of the molecule is Cc1cc2ncn(C(=O)CS(=O)(=O)c3ccccc3)c2cc1C. The van der Waals surface area contributed by atoms with Gasteiger partial charge >= 0.3 is 0 Å². The molecule has 3 rings (SSSR count). The number of aryl methyl sites for hydroxylation is 2. The summed E-state index contributed by atoms with van der Waals surface area (Å²) < 4.78 is 26.0. The zero-order valence-corrected chi connectivity index (χ0v) is 13.7. The summed E-state index contributed by atoms with van der Waals surface area (Å²) in [4.78, 5) is 16.8. The fraction of sp³-hybridized carbons (Fsp3) is 0.176. The van der Waals surface area contributed by atoms with E-state index in [9.17, 15) is 13.2 Å². The first-order valence-corrected chi connectivity index (χ1v) is 8.79. The van der Waals surface area contributed by atoms with Crippen LogP contribution in [0.15, 0.2) is 53.7 Å². The van der Waals surface area contributed by atoms with E-state index in [-0.39, 0.29) is 4.90 Å². The van der Waals surface area contributed by atoms with Crippen molar-refractivity contribution in [1.82, 2.24) is 9.55 Å². The largest absolute Gasteiger partial charge is 0.273 e. The molecule has 5 nitrogen and oxygen atoms in total. The molecule has 118 valence electrons. The van der Waals surface area contributed by atoms with Crippen molar-refractivity contribution in [2.45, 2.75) is 18.7 Å². The van der Waals surface area contributed by atoms with Gasteiger partial charge in [-0.3, -0.25) is 9.36 Å². The molecule has 0 saturated carbocycles. The quantitative estimate of drug-likeness (QED) is 0.741. The molecule has 0 aliphatic carbocycles. The van der Waals surface area contributed by atoms with Crippen molar-refractivity contribution < 1.29 is 13.2 Å². The average molecular weight is 328 g/mol. The second-order valence-electron chi connectivity index (χ2n) is 5.51. The molecule has 0 spiro atoms. The summed E-state index contributed by atoms with van der Waals surface area (Å²) in [5.41, 5.74) is 3.41. The number of aromatic nitrogens is 2. The summed E-state index contributed by atoms with van der Waals surface area (Å²) in [5, 5.41) is 0. The molecule has 6 heteroatoms. The van der Waals surface area contributed by atoms with Crippen LogP contribution >= 0.6 is 0 Å². The lowest BCUT2D eigenvalue weighted by atomic mass is 10.1. The summed E-state index contributed by atoms with van der Waals surface area (Å²) in [6.45, 7) is 3.91. The number of rotatable bonds is 3. The number of fused-ring (bicyclic) bond motifs is 1. The first-order valence-electron chi connectivity index (χ1n) is 7.14. The predicted octanol–water partition coefficient (Wildman–Crippen LogP) is 2.77. The first kappa shape index (κ1) is 15.4. The second kappa shape index (κ2) is 5.62. The monoisotopic (exact) mass is 328 g/mol. The van der Waals surface area contributed by atoms with E-state index in [0.29, 0.717) is 11.0 Å². The van der Waals surface area contributed by atoms with E-state index < -0.39 is 21.5 Å². The lowest BCUT2D eigenvalue weighted by Gasteiger charge is -2.06. The topological polar surface area (TPSA) is 69.0 Å². The highest BCUT2D eigenvalue weighted by Gasteiger charge is 2.21. The Balaban J connectivity index is 1.97. The summed E-state index contributed by atoms with van der Waals surface area (Å²) in [7, 11) is -3.67. The molecule has 0 bridgehead atoms. The van der Waals surface area contributed by atoms with Crippen LogP contribution in [-0.4, -0.2) is 29.6 Å². The van der Waals surface area contributed by atoms with Gasteiger partial charge in [-0.2, -0.15) is 0 Å². The number of imidazole rings is 1. The molecule has 3 aromatic rings. The Morgan fingerprint density at radius 3 is 2.43 bits per heavy atom. The predicted molar refractivity (Wildman–Crippen MR) is 88.3 cm³/mol. The molecule has 0 aliphatic heterocycles. The molecule has 0 aliphatic rings. The van der Waals surface area contributed by atoms with Crippen molar-refractivity contribution in [2.24, 2.45) is 0 Å². The van der Waals surface area contributed by atoms with Crippen molar-refractivity contribution in [3.63, 3.8) is 0 Å². The number of carbonyl (C=O) groups is 1. The van der Waals surface area contributed by atoms with Gasteiger partial charge < -0.3 is 0 Å². The lowest BCUT2D eigenvalue weighted by molar-refractivity contribution is 0.0944. The normalized spacial score (nSPS) is 11.7. The molecule has 0 saturated heterocycles. The van der Waals surface area contributed by atoms with Gasteiger partial charge in [-0.25, -0.2) is 13.4 Å².